The zero-order valence-corrected chi connectivity index (χ0v) is 17.5. The third-order valence-electron chi connectivity index (χ3n) is 6.16. The Hall–Kier alpha value is -3.06. The van der Waals surface area contributed by atoms with E-state index in [1.54, 1.807) is 0 Å². The molecule has 30 heavy (non-hydrogen) atoms. The largest absolute Gasteiger partial charge is 0.308 e. The molecule has 0 unspecified atom stereocenters. The number of aryl methyl sites for hydroxylation is 1. The maximum absolute atomic E-state index is 11.9. The van der Waals surface area contributed by atoms with E-state index in [1.807, 2.05) is 48.1 Å². The molecule has 152 valence electrons. The molecule has 0 amide bonds. The quantitative estimate of drug-likeness (QED) is 0.506. The van der Waals surface area contributed by atoms with Crippen LogP contribution < -0.4 is 0 Å². The molecule has 0 bridgehead atoms. The molecule has 1 N–H and O–H groups in total. The summed E-state index contributed by atoms with van der Waals surface area (Å²) in [4.78, 5) is 4.59. The van der Waals surface area contributed by atoms with Gasteiger partial charge in [0.1, 0.15) is 9.84 Å². The number of aromatic nitrogens is 3. The van der Waals surface area contributed by atoms with Gasteiger partial charge in [0, 0.05) is 40.2 Å². The molecule has 0 aliphatic carbocycles. The van der Waals surface area contributed by atoms with E-state index < -0.39 is 9.84 Å². The van der Waals surface area contributed by atoms with Crippen LogP contribution in [0.5, 0.6) is 0 Å². The fourth-order valence-electron chi connectivity index (χ4n) is 4.48. The Bertz CT molecular complexity index is 1390. The van der Waals surface area contributed by atoms with Crippen molar-refractivity contribution in [2.45, 2.75) is 25.7 Å². The SMILES string of the molecule is Cc1c(C=N)c(C2CCS(=O)(=O)CC2)cc2c(-c3cnc4ccccc4c3)cnn12. The molecule has 7 heteroatoms. The van der Waals surface area contributed by atoms with Crippen LogP contribution in [0.3, 0.4) is 0 Å². The van der Waals surface area contributed by atoms with Crippen molar-refractivity contribution in [1.82, 2.24) is 14.6 Å². The summed E-state index contributed by atoms with van der Waals surface area (Å²) in [6.45, 7) is 1.96. The monoisotopic (exact) mass is 418 g/mol. The minimum absolute atomic E-state index is 0.131. The third kappa shape index (κ3) is 3.10. The number of hydrogen-bond acceptors (Lipinski definition) is 5. The lowest BCUT2D eigenvalue weighted by Gasteiger charge is -2.25. The third-order valence-corrected chi connectivity index (χ3v) is 7.87. The van der Waals surface area contributed by atoms with Gasteiger partial charge in [0.15, 0.2) is 0 Å². The van der Waals surface area contributed by atoms with Crippen molar-refractivity contribution in [3.8, 4) is 11.1 Å². The highest BCUT2D eigenvalue weighted by molar-refractivity contribution is 7.91. The van der Waals surface area contributed by atoms with Crippen LogP contribution >= 0.6 is 0 Å². The van der Waals surface area contributed by atoms with Crippen LogP contribution in [-0.2, 0) is 9.84 Å². The van der Waals surface area contributed by atoms with Crippen LogP contribution in [0.1, 0.15) is 35.6 Å². The number of fused-ring (bicyclic) bond motifs is 2. The molecule has 1 saturated heterocycles. The summed E-state index contributed by atoms with van der Waals surface area (Å²) in [7, 11) is -2.94. The van der Waals surface area contributed by atoms with E-state index >= 15 is 0 Å². The molecule has 0 radical (unpaired) electrons. The van der Waals surface area contributed by atoms with Crippen molar-refractivity contribution in [2.24, 2.45) is 0 Å². The zero-order valence-electron chi connectivity index (χ0n) is 16.7. The van der Waals surface area contributed by atoms with Crippen LogP contribution in [0, 0.1) is 12.3 Å². The molecule has 1 aliphatic rings. The van der Waals surface area contributed by atoms with Crippen LogP contribution in [0.2, 0.25) is 0 Å². The van der Waals surface area contributed by atoms with Gasteiger partial charge in [-0.1, -0.05) is 18.2 Å². The standard InChI is InChI=1S/C23H22N4O2S/c1-15-20(12-24)19(16-6-8-30(28,29)9-7-16)11-23-21(14-26-27(15)23)18-10-17-4-2-3-5-22(17)25-13-18/h2-5,10-14,16,24H,6-9H2,1H3. The smallest absolute Gasteiger partial charge is 0.150 e. The zero-order chi connectivity index (χ0) is 20.9. The molecular formula is C23H22N4O2S. The van der Waals surface area contributed by atoms with Gasteiger partial charge in [0.05, 0.1) is 28.7 Å². The predicted octanol–water partition coefficient (Wildman–Crippen LogP) is 4.15. The van der Waals surface area contributed by atoms with Crippen LogP contribution in [0.4, 0.5) is 0 Å². The highest BCUT2D eigenvalue weighted by Crippen LogP contribution is 2.35. The Morgan fingerprint density at radius 2 is 1.90 bits per heavy atom. The maximum atomic E-state index is 11.9. The number of benzene rings is 1. The molecule has 0 saturated carbocycles. The summed E-state index contributed by atoms with van der Waals surface area (Å²) < 4.78 is 25.7. The molecule has 0 atom stereocenters. The van der Waals surface area contributed by atoms with Gasteiger partial charge in [0.2, 0.25) is 0 Å². The van der Waals surface area contributed by atoms with E-state index in [1.165, 1.54) is 6.21 Å². The highest BCUT2D eigenvalue weighted by Gasteiger charge is 2.27. The Labute approximate surface area is 175 Å². The Morgan fingerprint density at radius 1 is 1.13 bits per heavy atom. The molecule has 3 aromatic heterocycles. The summed E-state index contributed by atoms with van der Waals surface area (Å²) >= 11 is 0. The minimum atomic E-state index is -2.94. The average Bonchev–Trinajstić information content (AvgIpc) is 3.18. The number of nitrogens with zero attached hydrogens (tertiary/aromatic N) is 3. The van der Waals surface area contributed by atoms with E-state index in [0.29, 0.717) is 12.8 Å². The minimum Gasteiger partial charge on any atom is -0.308 e. The van der Waals surface area contributed by atoms with Crippen LogP contribution in [-0.4, -0.2) is 40.7 Å². The summed E-state index contributed by atoms with van der Waals surface area (Å²) in [6.07, 6.45) is 6.27. The van der Waals surface area contributed by atoms with Gasteiger partial charge in [-0.05, 0) is 49.4 Å². The first-order valence-electron chi connectivity index (χ1n) is 10.0. The first-order chi connectivity index (χ1) is 14.5. The maximum Gasteiger partial charge on any atom is 0.150 e. The van der Waals surface area contributed by atoms with Gasteiger partial charge in [0.25, 0.3) is 0 Å². The first-order valence-corrected chi connectivity index (χ1v) is 11.9. The second kappa shape index (κ2) is 7.02. The lowest BCUT2D eigenvalue weighted by Crippen LogP contribution is -2.23. The predicted molar refractivity (Wildman–Crippen MR) is 119 cm³/mol. The van der Waals surface area contributed by atoms with Crippen molar-refractivity contribution in [3.63, 3.8) is 0 Å². The van der Waals surface area contributed by atoms with E-state index in [9.17, 15) is 8.42 Å². The molecule has 6 nitrogen and oxygen atoms in total. The Balaban J connectivity index is 1.67. The Kier molecular flexibility index (Phi) is 4.43. The van der Waals surface area contributed by atoms with Gasteiger partial charge in [-0.15, -0.1) is 0 Å². The fourth-order valence-corrected chi connectivity index (χ4v) is 5.97. The normalized spacial score (nSPS) is 16.8. The molecule has 1 aliphatic heterocycles. The number of nitrogens with one attached hydrogen (secondary N) is 1. The van der Waals surface area contributed by atoms with Crippen LogP contribution in [0.25, 0.3) is 27.5 Å². The number of para-hydroxylation sites is 1. The van der Waals surface area contributed by atoms with Crippen LogP contribution in [0.15, 0.2) is 48.8 Å². The highest BCUT2D eigenvalue weighted by atomic mass is 32.2. The Morgan fingerprint density at radius 3 is 2.67 bits per heavy atom. The second-order valence-corrected chi connectivity index (χ2v) is 10.2. The lowest BCUT2D eigenvalue weighted by atomic mass is 9.89. The van der Waals surface area contributed by atoms with Gasteiger partial charge in [-0.3, -0.25) is 4.98 Å². The van der Waals surface area contributed by atoms with Gasteiger partial charge in [-0.2, -0.15) is 5.10 Å². The first kappa shape index (κ1) is 18.9. The molecular weight excluding hydrogens is 396 g/mol. The van der Waals surface area contributed by atoms with Crippen molar-refractivity contribution in [3.05, 3.63) is 65.6 Å². The van der Waals surface area contributed by atoms with Gasteiger partial charge in [-0.25, -0.2) is 12.9 Å². The second-order valence-electron chi connectivity index (χ2n) is 7.94. The summed E-state index contributed by atoms with van der Waals surface area (Å²) in [5, 5.41) is 13.6. The van der Waals surface area contributed by atoms with E-state index in [-0.39, 0.29) is 17.4 Å². The van der Waals surface area contributed by atoms with Crippen molar-refractivity contribution in [1.29, 1.82) is 5.41 Å². The fraction of sp³-hybridized carbons (Fsp3) is 0.261. The average molecular weight is 419 g/mol. The van der Waals surface area contributed by atoms with E-state index in [2.05, 4.69) is 22.2 Å². The number of pyridine rings is 2. The molecule has 5 rings (SSSR count). The van der Waals surface area contributed by atoms with Crippen molar-refractivity contribution in [2.75, 3.05) is 11.5 Å². The van der Waals surface area contributed by atoms with Gasteiger partial charge < -0.3 is 5.41 Å². The topological polar surface area (TPSA) is 88.2 Å². The number of rotatable bonds is 3. The summed E-state index contributed by atoms with van der Waals surface area (Å²) in [5.41, 5.74) is 6.65. The number of sulfone groups is 1. The summed E-state index contributed by atoms with van der Waals surface area (Å²) in [5.74, 6) is 0.548. The van der Waals surface area contributed by atoms with Crippen molar-refractivity contribution >= 4 is 32.5 Å². The molecule has 1 fully saturated rings. The van der Waals surface area contributed by atoms with Crippen molar-refractivity contribution < 1.29 is 8.42 Å². The molecule has 1 aromatic carbocycles. The number of hydrogen-bond donors (Lipinski definition) is 1. The molecule has 0 spiro atoms. The van der Waals surface area contributed by atoms with Gasteiger partial charge >= 0.3 is 0 Å². The van der Waals surface area contributed by atoms with E-state index in [4.69, 9.17) is 5.41 Å². The lowest BCUT2D eigenvalue weighted by molar-refractivity contribution is 0.549. The molecule has 4 heterocycles. The molecule has 4 aromatic rings. The van der Waals surface area contributed by atoms with E-state index in [0.717, 1.165) is 44.4 Å². The summed E-state index contributed by atoms with van der Waals surface area (Å²) in [6, 6.07) is 12.2.